The number of halogens is 4. The predicted octanol–water partition coefficient (Wildman–Crippen LogP) is 2.63. The van der Waals surface area contributed by atoms with Crippen LogP contribution in [0.25, 0.3) is 0 Å². The number of ether oxygens (including phenoxy) is 1. The van der Waals surface area contributed by atoms with Crippen LogP contribution in [0, 0.1) is 5.82 Å². The van der Waals surface area contributed by atoms with Gasteiger partial charge in [-0.2, -0.15) is 0 Å². The molecule has 0 spiro atoms. The molecule has 1 fully saturated rings. The van der Waals surface area contributed by atoms with E-state index in [1.807, 2.05) is 0 Å². The van der Waals surface area contributed by atoms with E-state index in [-0.39, 0.29) is 34.3 Å². The molecule has 1 amide bonds. The summed E-state index contributed by atoms with van der Waals surface area (Å²) in [5, 5.41) is 5.00. The number of esters is 1. The smallest absolute Gasteiger partial charge is 0.338 e. The fourth-order valence-electron chi connectivity index (χ4n) is 4.33. The Labute approximate surface area is 231 Å². The number of aromatic nitrogens is 1. The highest BCUT2D eigenvalue weighted by Gasteiger charge is 2.49. The normalized spacial score (nSPS) is 21.3. The lowest BCUT2D eigenvalue weighted by Crippen LogP contribution is -2.47. The summed E-state index contributed by atoms with van der Waals surface area (Å²) in [5.74, 6) is -5.72. The summed E-state index contributed by atoms with van der Waals surface area (Å²) < 4.78 is 73.1. The third-order valence-corrected chi connectivity index (χ3v) is 7.51. The Bertz CT molecular complexity index is 1450. The molecule has 16 heteroatoms. The number of rotatable bonds is 8. The number of nitrogens with zero attached hydrogens (tertiary/aromatic N) is 3. The maximum atomic E-state index is 14.5. The summed E-state index contributed by atoms with van der Waals surface area (Å²) in [6, 6.07) is 0.865. The van der Waals surface area contributed by atoms with Crippen LogP contribution >= 0.6 is 22.9 Å². The molecule has 2 N–H and O–H groups in total. The number of amides is 1. The Morgan fingerprint density at radius 2 is 2.10 bits per heavy atom. The number of sulfonamides is 1. The van der Waals surface area contributed by atoms with E-state index in [2.05, 4.69) is 15.3 Å². The Morgan fingerprint density at radius 3 is 2.72 bits per heavy atom. The van der Waals surface area contributed by atoms with E-state index in [0.717, 1.165) is 23.3 Å². The molecule has 1 unspecified atom stereocenters. The van der Waals surface area contributed by atoms with Gasteiger partial charge in [0.25, 0.3) is 11.8 Å². The van der Waals surface area contributed by atoms with Crippen molar-refractivity contribution in [3.8, 4) is 0 Å². The van der Waals surface area contributed by atoms with Crippen molar-refractivity contribution in [2.45, 2.75) is 31.4 Å². The highest BCUT2D eigenvalue weighted by atomic mass is 35.5. The predicted molar refractivity (Wildman–Crippen MR) is 138 cm³/mol. The number of amidine groups is 1. The van der Waals surface area contributed by atoms with Crippen molar-refractivity contribution in [3.05, 3.63) is 62.5 Å². The lowest BCUT2D eigenvalue weighted by molar-refractivity contribution is -0.139. The molecule has 4 rings (SSSR count). The quantitative estimate of drug-likeness (QED) is 0.439. The summed E-state index contributed by atoms with van der Waals surface area (Å²) in [6.07, 6.45) is 1.32. The number of carbonyl (C=O) groups excluding carboxylic acids is 2. The first-order valence-electron chi connectivity index (χ1n) is 11.5. The van der Waals surface area contributed by atoms with Gasteiger partial charge in [-0.15, -0.1) is 11.3 Å². The Balaban J connectivity index is 1.82. The van der Waals surface area contributed by atoms with Crippen molar-refractivity contribution in [1.82, 2.24) is 19.9 Å². The molecular formula is C23H23ClF3N5O5S2. The fourth-order valence-corrected chi connectivity index (χ4v) is 5.69. The lowest BCUT2D eigenvalue weighted by atomic mass is 9.95. The molecule has 2 aromatic rings. The summed E-state index contributed by atoms with van der Waals surface area (Å²) in [4.78, 5) is 35.7. The second-order valence-electron chi connectivity index (χ2n) is 8.84. The zero-order chi connectivity index (χ0) is 28.5. The second-order valence-corrected chi connectivity index (χ2v) is 11.9. The first-order chi connectivity index (χ1) is 18.3. The minimum absolute atomic E-state index is 0.0241. The standard InChI is InChI=1S/C23H23ClF3N5O5S2/c1-3-37-22(34)17-15(10-32-11-23(26,27)9-16(32)20(33)31-39(2,35)36)29-19(21-28-6-7-38-21)30-18(17)13-5-4-12(25)8-14(13)24/h4-8,16,18H,3,9-11H2,1-2H3,(H,29,30)(H,31,33)/t16-,18?/m0/s1. The largest absolute Gasteiger partial charge is 0.463 e. The van der Waals surface area contributed by atoms with Crippen LogP contribution in [0.15, 0.2) is 46.0 Å². The molecular weight excluding hydrogens is 583 g/mol. The van der Waals surface area contributed by atoms with Gasteiger partial charge in [0.1, 0.15) is 11.9 Å². The number of benzene rings is 1. The third kappa shape index (κ3) is 6.77. The summed E-state index contributed by atoms with van der Waals surface area (Å²) in [6.45, 7) is 0.252. The van der Waals surface area contributed by atoms with Crippen LogP contribution in [0.4, 0.5) is 13.2 Å². The molecule has 210 valence electrons. The van der Waals surface area contributed by atoms with Crippen molar-refractivity contribution < 1.29 is 35.9 Å². The third-order valence-electron chi connectivity index (χ3n) is 5.83. The number of thiazole rings is 1. The van der Waals surface area contributed by atoms with Crippen molar-refractivity contribution in [3.63, 3.8) is 0 Å². The topological polar surface area (TPSA) is 130 Å². The van der Waals surface area contributed by atoms with Gasteiger partial charge in [-0.1, -0.05) is 17.7 Å². The average molecular weight is 606 g/mol. The van der Waals surface area contributed by atoms with E-state index in [9.17, 15) is 31.2 Å². The first-order valence-corrected chi connectivity index (χ1v) is 14.7. The molecule has 1 aromatic heterocycles. The summed E-state index contributed by atoms with van der Waals surface area (Å²) in [5.41, 5.74) is 0.212. The maximum absolute atomic E-state index is 14.5. The second kappa shape index (κ2) is 11.2. The van der Waals surface area contributed by atoms with E-state index < -0.39 is 65.2 Å². The molecule has 39 heavy (non-hydrogen) atoms. The van der Waals surface area contributed by atoms with Gasteiger partial charge in [0.2, 0.25) is 10.0 Å². The van der Waals surface area contributed by atoms with E-state index in [0.29, 0.717) is 5.01 Å². The Kier molecular flexibility index (Phi) is 8.35. The number of nitrogens with one attached hydrogen (secondary N) is 2. The lowest BCUT2D eigenvalue weighted by Gasteiger charge is -2.31. The highest BCUT2D eigenvalue weighted by Crippen LogP contribution is 2.38. The molecule has 2 aliphatic rings. The Hall–Kier alpha value is -3.01. The van der Waals surface area contributed by atoms with Crippen molar-refractivity contribution in [2.24, 2.45) is 4.99 Å². The summed E-state index contributed by atoms with van der Waals surface area (Å²) in [7, 11) is -4.02. The molecule has 1 saturated heterocycles. The SMILES string of the molecule is CCOC(=O)C1=C(CN2CC(F)(F)C[C@H]2C(=O)NS(C)(=O)=O)NC(c2nccs2)=NC1c1ccc(F)cc1Cl. The molecule has 0 saturated carbocycles. The number of hydrogen-bond acceptors (Lipinski definition) is 10. The highest BCUT2D eigenvalue weighted by molar-refractivity contribution is 7.89. The van der Waals surface area contributed by atoms with E-state index in [1.165, 1.54) is 23.6 Å². The zero-order valence-electron chi connectivity index (χ0n) is 20.6. The van der Waals surface area contributed by atoms with Crippen LogP contribution < -0.4 is 10.0 Å². The summed E-state index contributed by atoms with van der Waals surface area (Å²) >= 11 is 7.54. The molecule has 2 aliphatic heterocycles. The minimum Gasteiger partial charge on any atom is -0.463 e. The van der Waals surface area contributed by atoms with Gasteiger partial charge < -0.3 is 10.1 Å². The first kappa shape index (κ1) is 29.0. The van der Waals surface area contributed by atoms with Crippen LogP contribution in [0.2, 0.25) is 5.02 Å². The van der Waals surface area contributed by atoms with Gasteiger partial charge in [0.15, 0.2) is 10.8 Å². The molecule has 1 aromatic carbocycles. The van der Waals surface area contributed by atoms with E-state index >= 15 is 0 Å². The molecule has 0 bridgehead atoms. The van der Waals surface area contributed by atoms with Crippen molar-refractivity contribution in [2.75, 3.05) is 26.0 Å². The molecule has 0 aliphatic carbocycles. The maximum Gasteiger partial charge on any atom is 0.338 e. The van der Waals surface area contributed by atoms with Crippen LogP contribution in [-0.2, 0) is 24.3 Å². The molecule has 3 heterocycles. The molecule has 0 radical (unpaired) electrons. The molecule has 2 atom stereocenters. The van der Waals surface area contributed by atoms with Crippen molar-refractivity contribution >= 4 is 50.7 Å². The van der Waals surface area contributed by atoms with Crippen LogP contribution in [0.5, 0.6) is 0 Å². The Morgan fingerprint density at radius 1 is 1.36 bits per heavy atom. The monoisotopic (exact) mass is 605 g/mol. The number of likely N-dealkylation sites (tertiary alicyclic amines) is 1. The van der Waals surface area contributed by atoms with Gasteiger partial charge in [-0.05, 0) is 19.1 Å². The van der Waals surface area contributed by atoms with Gasteiger partial charge in [-0.3, -0.25) is 19.4 Å². The number of alkyl halides is 2. The number of carbonyl (C=O) groups is 2. The van der Waals surface area contributed by atoms with Crippen LogP contribution in [-0.4, -0.2) is 73.9 Å². The van der Waals surface area contributed by atoms with Crippen molar-refractivity contribution in [1.29, 1.82) is 0 Å². The van der Waals surface area contributed by atoms with Crippen LogP contribution in [0.1, 0.15) is 30.0 Å². The van der Waals surface area contributed by atoms with Crippen LogP contribution in [0.3, 0.4) is 0 Å². The number of hydrogen-bond donors (Lipinski definition) is 2. The van der Waals surface area contributed by atoms with E-state index in [1.54, 1.807) is 17.0 Å². The number of aliphatic imine (C=N–C) groups is 1. The van der Waals surface area contributed by atoms with Gasteiger partial charge in [0, 0.05) is 40.8 Å². The average Bonchev–Trinajstić information content (AvgIpc) is 3.45. The molecule has 10 nitrogen and oxygen atoms in total. The van der Waals surface area contributed by atoms with Gasteiger partial charge >= 0.3 is 5.97 Å². The fraction of sp³-hybridized carbons (Fsp3) is 0.391. The zero-order valence-corrected chi connectivity index (χ0v) is 23.0. The minimum atomic E-state index is -4.02. The van der Waals surface area contributed by atoms with Gasteiger partial charge in [0.05, 0.1) is 31.0 Å². The van der Waals surface area contributed by atoms with Gasteiger partial charge in [-0.25, -0.2) is 31.4 Å². The van der Waals surface area contributed by atoms with E-state index in [4.69, 9.17) is 16.3 Å².